The topological polar surface area (TPSA) is 0 Å². The summed E-state index contributed by atoms with van der Waals surface area (Å²) in [6.45, 7) is 0. The highest BCUT2D eigenvalue weighted by molar-refractivity contribution is 8.24. The van der Waals surface area contributed by atoms with Crippen LogP contribution in [0.5, 0.6) is 0 Å². The van der Waals surface area contributed by atoms with Crippen LogP contribution in [0.2, 0.25) is 0 Å². The molecule has 0 aliphatic carbocycles. The molecule has 0 nitrogen and oxygen atoms in total. The van der Waals surface area contributed by atoms with Crippen molar-refractivity contribution in [2.45, 2.75) is 0 Å². The molecule has 0 bridgehead atoms. The summed E-state index contributed by atoms with van der Waals surface area (Å²) in [5.41, 5.74) is -9.83. The van der Waals surface area contributed by atoms with Crippen molar-refractivity contribution in [2.75, 3.05) is 0 Å². The molecule has 11 heteroatoms. The van der Waals surface area contributed by atoms with Crippen molar-refractivity contribution >= 4 is 105 Å². The van der Waals surface area contributed by atoms with Crippen LogP contribution in [0.4, 0.5) is 0 Å². The van der Waals surface area contributed by atoms with Gasteiger partial charge in [-0.25, -0.2) is 0 Å². The lowest BCUT2D eigenvalue weighted by atomic mass is 26.4. The van der Waals surface area contributed by atoms with Crippen LogP contribution in [0.25, 0.3) is 0 Å². The third kappa shape index (κ3) is 3.55. The highest BCUT2D eigenvalue weighted by atomic mass is 35.9. The van der Waals surface area contributed by atoms with Gasteiger partial charge >= 0.3 is 16.8 Å². The van der Waals surface area contributed by atoms with Crippen molar-refractivity contribution in [3.05, 3.63) is 0 Å². The molecule has 0 spiro atoms. The van der Waals surface area contributed by atoms with E-state index in [0.29, 0.717) is 0 Å². The van der Waals surface area contributed by atoms with Gasteiger partial charge in [0, 0.05) is 0 Å². The van der Waals surface area contributed by atoms with Crippen molar-refractivity contribution < 1.29 is 0 Å². The van der Waals surface area contributed by atoms with Crippen LogP contribution in [0.3, 0.4) is 0 Å². The van der Waals surface area contributed by atoms with E-state index in [-0.39, 0.29) is 0 Å². The van der Waals surface area contributed by atoms with E-state index in [0.717, 1.165) is 0 Å². The van der Waals surface area contributed by atoms with Crippen molar-refractivity contribution in [2.24, 2.45) is 0 Å². The van der Waals surface area contributed by atoms with Crippen LogP contribution in [0.1, 0.15) is 0 Å². The van der Waals surface area contributed by atoms with Crippen molar-refractivity contribution in [1.29, 1.82) is 0 Å². The van der Waals surface area contributed by atoms with Gasteiger partial charge in [0.15, 0.2) is 0 Å². The quantitative estimate of drug-likeness (QED) is 0.502. The highest BCUT2D eigenvalue weighted by Crippen LogP contribution is 2.47. The predicted molar refractivity (Wildman–Crippen MR) is 64.1 cm³/mol. The van der Waals surface area contributed by atoms with Crippen LogP contribution < -0.4 is 0 Å². The number of halogens is 8. The minimum absolute atomic E-state index is 3.27. The maximum Gasteiger partial charge on any atom is 0.360 e. The second kappa shape index (κ2) is 4.23. The van der Waals surface area contributed by atoms with Gasteiger partial charge in [-0.3, -0.25) is 0 Å². The lowest BCUT2D eigenvalue weighted by molar-refractivity contribution is 3.34. The smallest absolute Gasteiger partial charge is 0.144 e. The Morgan fingerprint density at radius 2 is 0.636 bits per heavy atom. The minimum atomic E-state index is -3.29. The van der Waals surface area contributed by atoms with Crippen LogP contribution in [-0.4, -0.2) is 16.8 Å². The zero-order valence-corrected chi connectivity index (χ0v) is 13.6. The monoisotopic (exact) mass is 364 g/mol. The summed E-state index contributed by atoms with van der Waals surface area (Å²) < 4.78 is 0. The summed E-state index contributed by atoms with van der Waals surface area (Å²) in [6, 6.07) is 0. The fourth-order valence-corrected chi connectivity index (χ4v) is 39.1. The average Bonchev–Trinajstić information content (AvgIpc) is 1.58. The van der Waals surface area contributed by atoms with Gasteiger partial charge < -0.3 is 0 Å². The summed E-state index contributed by atoms with van der Waals surface area (Å²) in [6.07, 6.45) is 0. The Morgan fingerprint density at radius 1 is 0.455 bits per heavy atom. The Bertz CT molecular complexity index is 120. The molecule has 0 aliphatic rings. The van der Waals surface area contributed by atoms with Gasteiger partial charge in [-0.05, 0) is 0 Å². The van der Waals surface area contributed by atoms with Crippen molar-refractivity contribution in [3.63, 3.8) is 0 Å². The summed E-state index contributed by atoms with van der Waals surface area (Å²) in [5.74, 6) is 0. The first-order chi connectivity index (χ1) is 4.50. The molecule has 0 heterocycles. The number of hydrogen-bond acceptors (Lipinski definition) is 0. The summed E-state index contributed by atoms with van der Waals surface area (Å²) in [5, 5.41) is 0. The summed E-state index contributed by atoms with van der Waals surface area (Å²) >= 11 is 44.8. The van der Waals surface area contributed by atoms with Crippen LogP contribution >= 0.6 is 88.6 Å². The van der Waals surface area contributed by atoms with Crippen molar-refractivity contribution in [1.82, 2.24) is 0 Å². The van der Waals surface area contributed by atoms with Crippen LogP contribution in [0, 0.1) is 0 Å². The van der Waals surface area contributed by atoms with Gasteiger partial charge in [0.1, 0.15) is 0 Å². The van der Waals surface area contributed by atoms with E-state index in [1.54, 1.807) is 0 Å². The second-order valence-corrected chi connectivity index (χ2v) is 42.4. The predicted octanol–water partition coefficient (Wildman–Crippen LogP) is 4.37. The van der Waals surface area contributed by atoms with Crippen LogP contribution in [0.15, 0.2) is 0 Å². The summed E-state index contributed by atoms with van der Waals surface area (Å²) in [4.78, 5) is 0. The zero-order chi connectivity index (χ0) is 9.50. The molecule has 0 saturated heterocycles. The lowest BCUT2D eigenvalue weighted by Gasteiger charge is -2.26. The molecule has 0 radical (unpaired) electrons. The minimum Gasteiger partial charge on any atom is -0.144 e. The largest absolute Gasteiger partial charge is 0.360 e. The zero-order valence-electron chi connectivity index (χ0n) is 4.52. The first-order valence-corrected chi connectivity index (χ1v) is 18.1. The van der Waals surface area contributed by atoms with E-state index in [1.165, 1.54) is 0 Å². The molecule has 0 N–H and O–H groups in total. The third-order valence-electron chi connectivity index (χ3n) is 0.712. The number of rotatable bonds is 2. The molecule has 0 fully saturated rings. The van der Waals surface area contributed by atoms with E-state index in [2.05, 4.69) is 0 Å². The Labute approximate surface area is 104 Å². The molecule has 0 aromatic rings. The first-order valence-electron chi connectivity index (χ1n) is 2.01. The maximum absolute atomic E-state index is 5.72. The summed E-state index contributed by atoms with van der Waals surface area (Å²) in [7, 11) is 0. The second-order valence-electron chi connectivity index (χ2n) is 1.57. The average molecular weight is 368 g/mol. The molecule has 0 aromatic carbocycles. The molecule has 0 aromatic heterocycles. The molecule has 0 aliphatic heterocycles. The van der Waals surface area contributed by atoms with E-state index < -0.39 is 16.8 Å². The fourth-order valence-electron chi connectivity index (χ4n) is 0.161. The normalized spacial score (nSPS) is 15.3. The Balaban J connectivity index is 4.75. The van der Waals surface area contributed by atoms with Gasteiger partial charge in [0.2, 0.25) is 0 Å². The van der Waals surface area contributed by atoms with Gasteiger partial charge in [-0.1, -0.05) is 0 Å². The first kappa shape index (κ1) is 14.0. The molecule has 0 saturated carbocycles. The molecule has 11 heavy (non-hydrogen) atoms. The standard InChI is InChI=1S/Cl8Si3/c1-9(2,3)11(7,8)10(4,5)6. The van der Waals surface area contributed by atoms with E-state index in [4.69, 9.17) is 88.6 Å². The highest BCUT2D eigenvalue weighted by Gasteiger charge is 2.67. The van der Waals surface area contributed by atoms with Gasteiger partial charge in [0.25, 0.3) is 0 Å². The number of hydrogen-bond donors (Lipinski definition) is 0. The lowest BCUT2D eigenvalue weighted by Crippen LogP contribution is -2.57. The Hall–Kier alpha value is 2.97. The van der Waals surface area contributed by atoms with E-state index in [9.17, 15) is 0 Å². The van der Waals surface area contributed by atoms with E-state index in [1.807, 2.05) is 0 Å². The van der Waals surface area contributed by atoms with Crippen LogP contribution in [-0.2, 0) is 0 Å². The Morgan fingerprint density at radius 3 is 0.636 bits per heavy atom. The molecule has 68 valence electrons. The van der Waals surface area contributed by atoms with Crippen molar-refractivity contribution in [3.8, 4) is 0 Å². The SMILES string of the molecule is Cl[Si](Cl)(Cl)[Si](Cl)(Cl)[Si](Cl)(Cl)Cl. The third-order valence-corrected chi connectivity index (χ3v) is 57.7. The Kier molecular flexibility index (Phi) is 5.37. The molecule has 0 amide bonds. The molecule has 0 atom stereocenters. The van der Waals surface area contributed by atoms with Gasteiger partial charge in [-0.2, -0.15) is 0 Å². The fraction of sp³-hybridized carbons (Fsp3) is 0. The van der Waals surface area contributed by atoms with E-state index >= 15 is 0 Å². The molecule has 0 rings (SSSR count). The maximum atomic E-state index is 5.72. The van der Waals surface area contributed by atoms with Gasteiger partial charge in [0.05, 0.1) is 0 Å². The van der Waals surface area contributed by atoms with Gasteiger partial charge in [-0.15, -0.1) is 88.6 Å². The molecular weight excluding hydrogens is 368 g/mol. The molecular formula is Cl8Si3. The molecule has 0 unspecified atom stereocenters.